The van der Waals surface area contributed by atoms with Crippen LogP contribution in [0.3, 0.4) is 0 Å². The van der Waals surface area contributed by atoms with Crippen LogP contribution in [-0.4, -0.2) is 28.8 Å². The van der Waals surface area contributed by atoms with Crippen molar-refractivity contribution in [3.8, 4) is 0 Å². The molecule has 0 aromatic rings. The fraction of sp³-hybridized carbons (Fsp3) is 0.500. The van der Waals surface area contributed by atoms with Gasteiger partial charge in [0.25, 0.3) is 0 Å². The molecule has 6 nitrogen and oxygen atoms in total. The van der Waals surface area contributed by atoms with Crippen molar-refractivity contribution >= 4 is 17.9 Å². The normalized spacial score (nSPS) is 29.8. The Morgan fingerprint density at radius 3 is 2.58 bits per heavy atom. The fourth-order valence-electron chi connectivity index (χ4n) is 3.67. The summed E-state index contributed by atoms with van der Waals surface area (Å²) in [5.41, 5.74) is 1.23. The second-order valence-corrected chi connectivity index (χ2v) is 6.20. The van der Waals surface area contributed by atoms with Gasteiger partial charge in [-0.05, 0) is 25.7 Å². The number of carbonyl (C=O) groups is 3. The van der Waals surface area contributed by atoms with Crippen molar-refractivity contribution in [2.45, 2.75) is 51.7 Å². The highest BCUT2D eigenvalue weighted by Crippen LogP contribution is 2.49. The van der Waals surface area contributed by atoms with Gasteiger partial charge in [0.1, 0.15) is 0 Å². The van der Waals surface area contributed by atoms with E-state index in [1.165, 1.54) is 0 Å². The Morgan fingerprint density at radius 1 is 1.17 bits per heavy atom. The van der Waals surface area contributed by atoms with Crippen molar-refractivity contribution in [2.75, 3.05) is 0 Å². The van der Waals surface area contributed by atoms with Crippen molar-refractivity contribution in [2.24, 2.45) is 5.92 Å². The molecule has 1 N–H and O–H groups in total. The molecule has 0 radical (unpaired) electrons. The van der Waals surface area contributed by atoms with Crippen molar-refractivity contribution in [3.63, 3.8) is 0 Å². The van der Waals surface area contributed by atoms with Crippen LogP contribution in [0.2, 0.25) is 0 Å². The molecule has 0 spiro atoms. The molecule has 2 aliphatic heterocycles. The fourth-order valence-corrected chi connectivity index (χ4v) is 3.67. The van der Waals surface area contributed by atoms with Gasteiger partial charge in [0.05, 0.1) is 17.1 Å². The minimum Gasteiger partial charge on any atom is -0.425 e. The molecule has 0 bridgehead atoms. The molecule has 3 aliphatic rings. The quantitative estimate of drug-likeness (QED) is 0.626. The van der Waals surface area contributed by atoms with Crippen LogP contribution in [0.4, 0.5) is 0 Å². The summed E-state index contributed by atoms with van der Waals surface area (Å²) in [6.45, 7) is 3.83. The molecular formula is C18H20O6. The summed E-state index contributed by atoms with van der Waals surface area (Å²) in [6.07, 6.45) is 5.77. The van der Waals surface area contributed by atoms with Gasteiger partial charge in [0.2, 0.25) is 5.79 Å². The molecule has 6 heteroatoms. The van der Waals surface area contributed by atoms with E-state index in [-0.39, 0.29) is 18.4 Å². The highest BCUT2D eigenvalue weighted by Gasteiger charge is 2.57. The highest BCUT2D eigenvalue weighted by molar-refractivity contribution is 6.13. The van der Waals surface area contributed by atoms with E-state index >= 15 is 0 Å². The van der Waals surface area contributed by atoms with Crippen LogP contribution < -0.4 is 0 Å². The highest BCUT2D eigenvalue weighted by atomic mass is 16.7. The number of rotatable bonds is 4. The van der Waals surface area contributed by atoms with Crippen LogP contribution in [-0.2, 0) is 23.9 Å². The minimum atomic E-state index is -1.89. The smallest absolute Gasteiger partial charge is 0.342 e. The summed E-state index contributed by atoms with van der Waals surface area (Å²) in [7, 11) is 0. The number of aliphatic hydroxyl groups is 1. The monoisotopic (exact) mass is 332 g/mol. The summed E-state index contributed by atoms with van der Waals surface area (Å²) in [6, 6.07) is 0. The zero-order valence-electron chi connectivity index (χ0n) is 13.8. The van der Waals surface area contributed by atoms with E-state index in [2.05, 4.69) is 0 Å². The molecule has 1 aliphatic carbocycles. The van der Waals surface area contributed by atoms with Crippen molar-refractivity contribution in [3.05, 3.63) is 34.4 Å². The first-order valence-electron chi connectivity index (χ1n) is 8.29. The van der Waals surface area contributed by atoms with Gasteiger partial charge in [-0.2, -0.15) is 0 Å². The summed E-state index contributed by atoms with van der Waals surface area (Å²) in [5, 5.41) is 11.2. The molecule has 0 saturated carbocycles. The van der Waals surface area contributed by atoms with Crippen molar-refractivity contribution < 1.29 is 29.0 Å². The predicted octanol–water partition coefficient (Wildman–Crippen LogP) is 2.08. The Kier molecular flexibility index (Phi) is 4.17. The standard InChI is InChI=1S/C18H20O6/c1-3-5-7-10-12-9-8-11-14(17(21)23-15(11)19)13(6-4-2)18(12,22)24-16(10)20/h5,7,13,22H,3-4,6,8-9H2,1-2H3/t13-,18-/m0/s1. The van der Waals surface area contributed by atoms with Gasteiger partial charge in [-0.1, -0.05) is 32.4 Å². The summed E-state index contributed by atoms with van der Waals surface area (Å²) in [4.78, 5) is 36.3. The van der Waals surface area contributed by atoms with E-state index in [4.69, 9.17) is 9.47 Å². The molecule has 2 atom stereocenters. The van der Waals surface area contributed by atoms with Gasteiger partial charge in [-0.15, -0.1) is 0 Å². The van der Waals surface area contributed by atoms with Crippen LogP contribution >= 0.6 is 0 Å². The van der Waals surface area contributed by atoms with Crippen molar-refractivity contribution in [1.82, 2.24) is 0 Å². The van der Waals surface area contributed by atoms with E-state index in [1.54, 1.807) is 6.08 Å². The van der Waals surface area contributed by atoms with E-state index in [0.717, 1.165) is 6.42 Å². The van der Waals surface area contributed by atoms with Gasteiger partial charge in [-0.3, -0.25) is 0 Å². The zero-order chi connectivity index (χ0) is 17.5. The van der Waals surface area contributed by atoms with Crippen LogP contribution in [0, 0.1) is 5.92 Å². The lowest BCUT2D eigenvalue weighted by atomic mass is 9.82. The van der Waals surface area contributed by atoms with Gasteiger partial charge in [0, 0.05) is 11.1 Å². The van der Waals surface area contributed by atoms with Gasteiger partial charge >= 0.3 is 17.9 Å². The number of esters is 3. The molecule has 0 amide bonds. The van der Waals surface area contributed by atoms with Gasteiger partial charge < -0.3 is 14.6 Å². The lowest BCUT2D eigenvalue weighted by molar-refractivity contribution is -0.197. The largest absolute Gasteiger partial charge is 0.425 e. The van der Waals surface area contributed by atoms with Crippen LogP contribution in [0.15, 0.2) is 34.4 Å². The molecule has 0 aromatic carbocycles. The average molecular weight is 332 g/mol. The minimum absolute atomic E-state index is 0.160. The first-order valence-corrected chi connectivity index (χ1v) is 8.29. The van der Waals surface area contributed by atoms with E-state index < -0.39 is 29.6 Å². The second kappa shape index (κ2) is 6.02. The number of hydrogen-bond acceptors (Lipinski definition) is 6. The van der Waals surface area contributed by atoms with E-state index in [9.17, 15) is 19.5 Å². The molecule has 0 aromatic heterocycles. The maximum absolute atomic E-state index is 12.3. The maximum atomic E-state index is 12.3. The third kappa shape index (κ3) is 2.33. The molecule has 0 fully saturated rings. The van der Waals surface area contributed by atoms with Crippen LogP contribution in [0.25, 0.3) is 0 Å². The van der Waals surface area contributed by atoms with Crippen LogP contribution in [0.1, 0.15) is 46.0 Å². The molecule has 128 valence electrons. The van der Waals surface area contributed by atoms with Gasteiger partial charge in [0.15, 0.2) is 0 Å². The third-order valence-corrected chi connectivity index (χ3v) is 4.75. The molecule has 3 rings (SSSR count). The maximum Gasteiger partial charge on any atom is 0.342 e. The number of ether oxygens (including phenoxy) is 2. The Bertz CT molecular complexity index is 711. The number of hydrogen-bond donors (Lipinski definition) is 1. The zero-order valence-corrected chi connectivity index (χ0v) is 13.8. The molecular weight excluding hydrogens is 312 g/mol. The molecule has 2 heterocycles. The lowest BCUT2D eigenvalue weighted by Crippen LogP contribution is -2.42. The summed E-state index contributed by atoms with van der Waals surface area (Å²) >= 11 is 0. The first-order chi connectivity index (χ1) is 11.4. The predicted molar refractivity (Wildman–Crippen MR) is 83.3 cm³/mol. The molecule has 0 unspecified atom stereocenters. The summed E-state index contributed by atoms with van der Waals surface area (Å²) in [5.74, 6) is -4.67. The lowest BCUT2D eigenvalue weighted by Gasteiger charge is -2.32. The number of carbonyl (C=O) groups excluding carboxylic acids is 3. The van der Waals surface area contributed by atoms with Crippen LogP contribution in [0.5, 0.6) is 0 Å². The third-order valence-electron chi connectivity index (χ3n) is 4.75. The van der Waals surface area contributed by atoms with E-state index in [1.807, 2.05) is 19.9 Å². The number of cyclic esters (lactones) is 2. The Hall–Kier alpha value is -2.21. The topological polar surface area (TPSA) is 89.9 Å². The Morgan fingerprint density at radius 2 is 1.92 bits per heavy atom. The van der Waals surface area contributed by atoms with E-state index in [0.29, 0.717) is 29.6 Å². The van der Waals surface area contributed by atoms with Gasteiger partial charge in [-0.25, -0.2) is 14.4 Å². The Labute approximate surface area is 139 Å². The first kappa shape index (κ1) is 16.6. The number of allylic oxidation sites excluding steroid dienone is 1. The Balaban J connectivity index is 2.15. The molecule has 0 saturated heterocycles. The average Bonchev–Trinajstić information content (AvgIpc) is 2.89. The summed E-state index contributed by atoms with van der Waals surface area (Å²) < 4.78 is 10.1. The SMILES string of the molecule is CCC=CC1=C2CCC3=C(C(=O)OC3=O)[C@H](CCC)[C@@]2(O)OC1=O. The number of fused-ring (bicyclic) bond motifs is 1. The molecule has 24 heavy (non-hydrogen) atoms. The second-order valence-electron chi connectivity index (χ2n) is 6.20. The van der Waals surface area contributed by atoms with Crippen molar-refractivity contribution in [1.29, 1.82) is 0 Å².